The summed E-state index contributed by atoms with van der Waals surface area (Å²) in [6.45, 7) is 0. The van der Waals surface area contributed by atoms with Gasteiger partial charge in [-0.2, -0.15) is 0 Å². The van der Waals surface area contributed by atoms with Crippen LogP contribution in [0.5, 0.6) is 0 Å². The van der Waals surface area contributed by atoms with Gasteiger partial charge in [0, 0.05) is 10.9 Å². The molecule has 0 amide bonds. The van der Waals surface area contributed by atoms with E-state index >= 15 is 0 Å². The van der Waals surface area contributed by atoms with Gasteiger partial charge in [-0.25, -0.2) is 0 Å². The summed E-state index contributed by atoms with van der Waals surface area (Å²) in [5.74, 6) is 0. The maximum absolute atomic E-state index is 12.5. The normalized spacial score (nSPS) is 11.0. The number of hydrogen-bond donors (Lipinski definition) is 1. The van der Waals surface area contributed by atoms with Crippen LogP contribution < -0.4 is 5.56 Å². The van der Waals surface area contributed by atoms with Crippen molar-refractivity contribution in [1.82, 2.24) is 4.98 Å². The quantitative estimate of drug-likeness (QED) is 0.513. The molecule has 0 spiro atoms. The molecule has 3 aromatic carbocycles. The van der Waals surface area contributed by atoms with Crippen LogP contribution in [0.3, 0.4) is 0 Å². The molecule has 0 aliphatic heterocycles. The second-order valence-electron chi connectivity index (χ2n) is 5.09. The first-order valence-corrected chi connectivity index (χ1v) is 6.94. The number of fused-ring (bicyclic) bond motifs is 3. The van der Waals surface area contributed by atoms with Crippen molar-refractivity contribution in [1.29, 1.82) is 0 Å². The number of aromatic nitrogens is 1. The molecule has 21 heavy (non-hydrogen) atoms. The van der Waals surface area contributed by atoms with Gasteiger partial charge in [0.05, 0.1) is 5.39 Å². The second-order valence-corrected chi connectivity index (χ2v) is 5.09. The molecule has 2 heteroatoms. The summed E-state index contributed by atoms with van der Waals surface area (Å²) in [5.41, 5.74) is 2.87. The Kier molecular flexibility index (Phi) is 2.61. The third kappa shape index (κ3) is 1.84. The second kappa shape index (κ2) is 4.60. The highest BCUT2D eigenvalue weighted by Gasteiger charge is 2.10. The van der Waals surface area contributed by atoms with Crippen LogP contribution in [0.15, 0.2) is 77.6 Å². The Morgan fingerprint density at radius 2 is 1.38 bits per heavy atom. The summed E-state index contributed by atoms with van der Waals surface area (Å²) in [5, 5.41) is 2.82. The van der Waals surface area contributed by atoms with Crippen molar-refractivity contribution in [3.05, 3.63) is 83.2 Å². The monoisotopic (exact) mass is 271 g/mol. The predicted molar refractivity (Wildman–Crippen MR) is 87.5 cm³/mol. The summed E-state index contributed by atoms with van der Waals surface area (Å²) in [7, 11) is 0. The Bertz CT molecular complexity index is 1000. The van der Waals surface area contributed by atoms with Crippen LogP contribution in [0, 0.1) is 0 Å². The summed E-state index contributed by atoms with van der Waals surface area (Å²) in [6, 6.07) is 24.0. The van der Waals surface area contributed by atoms with E-state index in [1.807, 2.05) is 72.8 Å². The molecule has 0 unspecified atom stereocenters. The van der Waals surface area contributed by atoms with Crippen molar-refractivity contribution in [2.75, 3.05) is 0 Å². The highest BCUT2D eigenvalue weighted by atomic mass is 16.1. The number of para-hydroxylation sites is 1. The minimum Gasteiger partial charge on any atom is -0.321 e. The third-order valence-corrected chi connectivity index (χ3v) is 3.84. The molecule has 0 bridgehead atoms. The first-order valence-electron chi connectivity index (χ1n) is 6.94. The lowest BCUT2D eigenvalue weighted by molar-refractivity contribution is 1.34. The standard InChI is InChI=1S/C19H13NO/c21-19-18-14(13-7-2-1-3-8-13)10-6-11-16(18)15-9-4-5-12-17(15)20-19/h1-12H,(H,20,21). The van der Waals surface area contributed by atoms with Gasteiger partial charge in [-0.15, -0.1) is 0 Å². The molecule has 0 saturated carbocycles. The first kappa shape index (κ1) is 11.9. The van der Waals surface area contributed by atoms with Crippen LogP contribution in [-0.4, -0.2) is 4.98 Å². The van der Waals surface area contributed by atoms with Gasteiger partial charge in [0.1, 0.15) is 0 Å². The predicted octanol–water partition coefficient (Wildman–Crippen LogP) is 4.35. The minimum absolute atomic E-state index is 0.0387. The molecule has 0 atom stereocenters. The number of rotatable bonds is 1. The van der Waals surface area contributed by atoms with Gasteiger partial charge >= 0.3 is 0 Å². The summed E-state index contributed by atoms with van der Waals surface area (Å²) < 4.78 is 0. The molecule has 1 heterocycles. The average Bonchev–Trinajstić information content (AvgIpc) is 2.55. The van der Waals surface area contributed by atoms with Crippen molar-refractivity contribution in [3.8, 4) is 11.1 Å². The fourth-order valence-corrected chi connectivity index (χ4v) is 2.89. The number of aromatic amines is 1. The molecule has 1 aromatic heterocycles. The molecular weight excluding hydrogens is 258 g/mol. The number of hydrogen-bond acceptors (Lipinski definition) is 1. The molecule has 0 radical (unpaired) electrons. The van der Waals surface area contributed by atoms with Gasteiger partial charge in [0.15, 0.2) is 0 Å². The molecule has 2 nitrogen and oxygen atoms in total. The van der Waals surface area contributed by atoms with Crippen LogP contribution in [0.4, 0.5) is 0 Å². The summed E-state index contributed by atoms with van der Waals surface area (Å²) in [6.07, 6.45) is 0. The zero-order chi connectivity index (χ0) is 14.2. The summed E-state index contributed by atoms with van der Waals surface area (Å²) >= 11 is 0. The Morgan fingerprint density at radius 1 is 0.667 bits per heavy atom. The molecule has 4 rings (SSSR count). The van der Waals surface area contributed by atoms with Gasteiger partial charge in [0.2, 0.25) is 0 Å². The molecule has 0 fully saturated rings. The van der Waals surface area contributed by atoms with Gasteiger partial charge in [0.25, 0.3) is 5.56 Å². The van der Waals surface area contributed by atoms with Crippen LogP contribution in [0.25, 0.3) is 32.8 Å². The SMILES string of the molecule is O=c1[nH]c2ccccc2c2cccc(-c3ccccc3)c12. The lowest BCUT2D eigenvalue weighted by Gasteiger charge is -2.08. The molecule has 0 saturated heterocycles. The van der Waals surface area contributed by atoms with Gasteiger partial charge in [-0.05, 0) is 22.6 Å². The van der Waals surface area contributed by atoms with Crippen LogP contribution >= 0.6 is 0 Å². The smallest absolute Gasteiger partial charge is 0.256 e. The Morgan fingerprint density at radius 3 is 2.24 bits per heavy atom. The van der Waals surface area contributed by atoms with E-state index in [1.54, 1.807) is 0 Å². The zero-order valence-corrected chi connectivity index (χ0v) is 11.3. The van der Waals surface area contributed by atoms with E-state index in [0.29, 0.717) is 0 Å². The van der Waals surface area contributed by atoms with E-state index in [9.17, 15) is 4.79 Å². The third-order valence-electron chi connectivity index (χ3n) is 3.84. The maximum Gasteiger partial charge on any atom is 0.256 e. The minimum atomic E-state index is -0.0387. The van der Waals surface area contributed by atoms with Crippen LogP contribution in [0.1, 0.15) is 0 Å². The Labute approximate surface area is 121 Å². The van der Waals surface area contributed by atoms with Crippen LogP contribution in [-0.2, 0) is 0 Å². The maximum atomic E-state index is 12.5. The van der Waals surface area contributed by atoms with E-state index in [1.165, 1.54) is 0 Å². The van der Waals surface area contributed by atoms with Crippen LogP contribution in [0.2, 0.25) is 0 Å². The van der Waals surface area contributed by atoms with E-state index < -0.39 is 0 Å². The molecular formula is C19H13NO. The topological polar surface area (TPSA) is 32.9 Å². The van der Waals surface area contributed by atoms with E-state index in [4.69, 9.17) is 0 Å². The van der Waals surface area contributed by atoms with Crippen molar-refractivity contribution in [2.24, 2.45) is 0 Å². The number of pyridine rings is 1. The largest absolute Gasteiger partial charge is 0.321 e. The van der Waals surface area contributed by atoms with Crippen molar-refractivity contribution < 1.29 is 0 Å². The first-order chi connectivity index (χ1) is 10.3. The average molecular weight is 271 g/mol. The Balaban J connectivity index is 2.20. The molecule has 0 aliphatic carbocycles. The Hall–Kier alpha value is -2.87. The van der Waals surface area contributed by atoms with E-state index in [-0.39, 0.29) is 5.56 Å². The highest BCUT2D eigenvalue weighted by Crippen LogP contribution is 2.29. The van der Waals surface area contributed by atoms with Crippen molar-refractivity contribution in [3.63, 3.8) is 0 Å². The molecule has 1 N–H and O–H groups in total. The van der Waals surface area contributed by atoms with Gasteiger partial charge in [-0.1, -0.05) is 66.7 Å². The lowest BCUT2D eigenvalue weighted by Crippen LogP contribution is -2.07. The highest BCUT2D eigenvalue weighted by molar-refractivity contribution is 6.10. The summed E-state index contributed by atoms with van der Waals surface area (Å²) in [4.78, 5) is 15.5. The number of H-pyrrole nitrogens is 1. The van der Waals surface area contributed by atoms with E-state index in [0.717, 1.165) is 32.8 Å². The number of nitrogens with one attached hydrogen (secondary N) is 1. The molecule has 4 aromatic rings. The fraction of sp³-hybridized carbons (Fsp3) is 0. The van der Waals surface area contributed by atoms with E-state index in [2.05, 4.69) is 4.98 Å². The van der Waals surface area contributed by atoms with Crippen molar-refractivity contribution in [2.45, 2.75) is 0 Å². The molecule has 100 valence electrons. The lowest BCUT2D eigenvalue weighted by atomic mass is 9.97. The zero-order valence-electron chi connectivity index (χ0n) is 11.3. The number of benzene rings is 3. The fourth-order valence-electron chi connectivity index (χ4n) is 2.89. The van der Waals surface area contributed by atoms with Gasteiger partial charge < -0.3 is 4.98 Å². The van der Waals surface area contributed by atoms with Crippen molar-refractivity contribution >= 4 is 21.7 Å². The van der Waals surface area contributed by atoms with Gasteiger partial charge in [-0.3, -0.25) is 4.79 Å². The molecule has 0 aliphatic rings.